The first-order chi connectivity index (χ1) is 15.6. The van der Waals surface area contributed by atoms with Crippen LogP contribution < -0.4 is 15.0 Å². The zero-order chi connectivity index (χ0) is 22.1. The van der Waals surface area contributed by atoms with Gasteiger partial charge in [-0.05, 0) is 36.4 Å². The highest BCUT2D eigenvalue weighted by molar-refractivity contribution is 5.91. The maximum Gasteiger partial charge on any atom is 0.322 e. The van der Waals surface area contributed by atoms with E-state index in [-0.39, 0.29) is 12.1 Å². The number of nitrogens with zero attached hydrogens (tertiary/aromatic N) is 7. The first kappa shape index (κ1) is 19.7. The van der Waals surface area contributed by atoms with Crippen LogP contribution in [-0.2, 0) is 0 Å². The Hall–Kier alpha value is -4.21. The maximum absolute atomic E-state index is 12.7. The summed E-state index contributed by atoms with van der Waals surface area (Å²) in [6.45, 7) is 1.36. The zero-order valence-electron chi connectivity index (χ0n) is 17.7. The van der Waals surface area contributed by atoms with Crippen LogP contribution in [0.2, 0.25) is 0 Å². The number of urea groups is 1. The second kappa shape index (κ2) is 8.14. The number of aromatic nitrogens is 5. The van der Waals surface area contributed by atoms with Crippen molar-refractivity contribution in [3.05, 3.63) is 60.9 Å². The highest BCUT2D eigenvalue weighted by atomic mass is 16.5. The molecule has 1 saturated heterocycles. The van der Waals surface area contributed by atoms with Crippen LogP contribution in [0.1, 0.15) is 0 Å². The van der Waals surface area contributed by atoms with Crippen molar-refractivity contribution in [2.45, 2.75) is 6.04 Å². The van der Waals surface area contributed by atoms with Crippen LogP contribution in [0, 0.1) is 0 Å². The normalized spacial score (nSPS) is 13.6. The molecule has 1 N–H and O–H groups in total. The number of hydrogen-bond acceptors (Lipinski definition) is 7. The van der Waals surface area contributed by atoms with Crippen LogP contribution in [0.4, 0.5) is 16.3 Å². The fourth-order valence-electron chi connectivity index (χ4n) is 3.63. The Morgan fingerprint density at radius 1 is 1.12 bits per heavy atom. The Morgan fingerprint density at radius 2 is 1.97 bits per heavy atom. The number of hydrogen-bond donors (Lipinski definition) is 1. The molecule has 10 nitrogen and oxygen atoms in total. The van der Waals surface area contributed by atoms with Crippen LogP contribution in [0.5, 0.6) is 5.75 Å². The quantitative estimate of drug-likeness (QED) is 0.519. The number of ether oxygens (including phenoxy) is 1. The number of benzene rings is 1. The summed E-state index contributed by atoms with van der Waals surface area (Å²) in [6.07, 6.45) is 3.45. The van der Waals surface area contributed by atoms with Crippen molar-refractivity contribution in [2.24, 2.45) is 0 Å². The van der Waals surface area contributed by atoms with Crippen LogP contribution >= 0.6 is 0 Å². The summed E-state index contributed by atoms with van der Waals surface area (Å²) < 4.78 is 7.03. The van der Waals surface area contributed by atoms with E-state index in [1.807, 2.05) is 48.5 Å². The molecule has 162 valence electrons. The molecule has 0 radical (unpaired) electrons. The summed E-state index contributed by atoms with van der Waals surface area (Å²) in [5.74, 6) is 2.07. The van der Waals surface area contributed by atoms with Gasteiger partial charge >= 0.3 is 6.03 Å². The molecule has 1 aliphatic heterocycles. The van der Waals surface area contributed by atoms with E-state index in [1.165, 1.54) is 0 Å². The molecular formula is C22H22N8O2. The van der Waals surface area contributed by atoms with Crippen molar-refractivity contribution >= 4 is 23.2 Å². The summed E-state index contributed by atoms with van der Waals surface area (Å²) in [5, 5.41) is 16.1. The summed E-state index contributed by atoms with van der Waals surface area (Å²) >= 11 is 0. The number of anilines is 2. The number of amides is 2. The number of para-hydroxylation sites is 2. The molecule has 4 aromatic rings. The molecule has 0 unspecified atom stereocenters. The van der Waals surface area contributed by atoms with E-state index >= 15 is 0 Å². The fourth-order valence-corrected chi connectivity index (χ4v) is 3.63. The number of nitrogens with one attached hydrogen (secondary N) is 1. The van der Waals surface area contributed by atoms with E-state index in [9.17, 15) is 4.79 Å². The van der Waals surface area contributed by atoms with Gasteiger partial charge in [0, 0.05) is 38.1 Å². The molecule has 3 aromatic heterocycles. The van der Waals surface area contributed by atoms with Crippen molar-refractivity contribution in [1.29, 1.82) is 0 Å². The molecule has 0 bridgehead atoms. The topological polar surface area (TPSA) is 101 Å². The Morgan fingerprint density at radius 3 is 2.75 bits per heavy atom. The van der Waals surface area contributed by atoms with E-state index in [2.05, 4.69) is 25.4 Å². The number of likely N-dealkylation sites (N-methyl/N-ethyl adjacent to an activating group) is 1. The molecule has 1 aromatic carbocycles. The first-order valence-electron chi connectivity index (χ1n) is 10.2. The number of pyridine rings is 1. The summed E-state index contributed by atoms with van der Waals surface area (Å²) in [4.78, 5) is 20.7. The lowest BCUT2D eigenvalue weighted by Gasteiger charge is -2.44. The monoisotopic (exact) mass is 430 g/mol. The molecule has 32 heavy (non-hydrogen) atoms. The molecule has 2 amide bonds. The van der Waals surface area contributed by atoms with Crippen molar-refractivity contribution in [1.82, 2.24) is 29.7 Å². The van der Waals surface area contributed by atoms with Crippen molar-refractivity contribution in [3.8, 4) is 17.1 Å². The molecule has 0 spiro atoms. The van der Waals surface area contributed by atoms with E-state index in [1.54, 1.807) is 36.0 Å². The van der Waals surface area contributed by atoms with Gasteiger partial charge in [0.25, 0.3) is 0 Å². The average Bonchev–Trinajstić information content (AvgIpc) is 3.22. The van der Waals surface area contributed by atoms with Gasteiger partial charge in [0.05, 0.1) is 18.8 Å². The molecule has 0 saturated carbocycles. The lowest BCUT2D eigenvalue weighted by molar-refractivity contribution is 0.191. The van der Waals surface area contributed by atoms with Crippen LogP contribution in [0.3, 0.4) is 0 Å². The SMILES string of the molecule is COc1ccccc1NC(=O)N(C)C1CN(c2ccc3nnc(-c4cccnc4)n3n2)C1. The van der Waals surface area contributed by atoms with E-state index in [0.717, 1.165) is 11.4 Å². The number of rotatable bonds is 5. The van der Waals surface area contributed by atoms with Gasteiger partial charge in [-0.3, -0.25) is 4.98 Å². The summed E-state index contributed by atoms with van der Waals surface area (Å²) in [5.41, 5.74) is 2.16. The van der Waals surface area contributed by atoms with Crippen LogP contribution in [0.15, 0.2) is 60.9 Å². The average molecular weight is 430 g/mol. The third kappa shape index (κ3) is 3.55. The minimum atomic E-state index is -0.180. The Bertz CT molecular complexity index is 1250. The van der Waals surface area contributed by atoms with Crippen LogP contribution in [0.25, 0.3) is 17.0 Å². The third-order valence-corrected chi connectivity index (χ3v) is 5.57. The van der Waals surface area contributed by atoms with E-state index < -0.39 is 0 Å². The molecule has 1 fully saturated rings. The number of carbonyl (C=O) groups is 1. The molecule has 0 atom stereocenters. The van der Waals surface area contributed by atoms with Gasteiger partial charge in [-0.15, -0.1) is 15.3 Å². The zero-order valence-corrected chi connectivity index (χ0v) is 17.7. The third-order valence-electron chi connectivity index (χ3n) is 5.57. The summed E-state index contributed by atoms with van der Waals surface area (Å²) in [7, 11) is 3.38. The predicted molar refractivity (Wildman–Crippen MR) is 120 cm³/mol. The number of methoxy groups -OCH3 is 1. The minimum Gasteiger partial charge on any atom is -0.495 e. The van der Waals surface area contributed by atoms with Gasteiger partial charge in [0.15, 0.2) is 11.5 Å². The molecule has 0 aliphatic carbocycles. The van der Waals surface area contributed by atoms with Crippen molar-refractivity contribution in [3.63, 3.8) is 0 Å². The molecule has 1 aliphatic rings. The molecular weight excluding hydrogens is 408 g/mol. The fraction of sp³-hybridized carbons (Fsp3) is 0.227. The van der Waals surface area contributed by atoms with E-state index in [0.29, 0.717) is 36.0 Å². The molecule has 5 rings (SSSR count). The van der Waals surface area contributed by atoms with Crippen molar-refractivity contribution in [2.75, 3.05) is 37.5 Å². The highest BCUT2D eigenvalue weighted by Crippen LogP contribution is 2.26. The lowest BCUT2D eigenvalue weighted by atomic mass is 10.1. The van der Waals surface area contributed by atoms with Gasteiger partial charge in [-0.25, -0.2) is 4.79 Å². The second-order valence-corrected chi connectivity index (χ2v) is 7.53. The van der Waals surface area contributed by atoms with Gasteiger partial charge in [-0.2, -0.15) is 4.52 Å². The number of carbonyl (C=O) groups excluding carboxylic acids is 1. The minimum absolute atomic E-state index is 0.0703. The van der Waals surface area contributed by atoms with Crippen LogP contribution in [-0.4, -0.2) is 69.0 Å². The molecule has 4 heterocycles. The maximum atomic E-state index is 12.7. The van der Waals surface area contributed by atoms with Crippen molar-refractivity contribution < 1.29 is 9.53 Å². The van der Waals surface area contributed by atoms with E-state index in [4.69, 9.17) is 9.84 Å². The lowest BCUT2D eigenvalue weighted by Crippen LogP contribution is -2.60. The second-order valence-electron chi connectivity index (χ2n) is 7.53. The number of fused-ring (bicyclic) bond motifs is 1. The summed E-state index contributed by atoms with van der Waals surface area (Å²) in [6, 6.07) is 14.8. The smallest absolute Gasteiger partial charge is 0.322 e. The van der Waals surface area contributed by atoms with Gasteiger partial charge in [0.2, 0.25) is 0 Å². The Kier molecular flexibility index (Phi) is 5.02. The Labute approximate surface area is 184 Å². The highest BCUT2D eigenvalue weighted by Gasteiger charge is 2.34. The van der Waals surface area contributed by atoms with Gasteiger partial charge in [-0.1, -0.05) is 12.1 Å². The van der Waals surface area contributed by atoms with Gasteiger partial charge in [0.1, 0.15) is 11.6 Å². The predicted octanol–water partition coefficient (Wildman–Crippen LogP) is 2.55. The Balaban J connectivity index is 1.27. The van der Waals surface area contributed by atoms with Gasteiger partial charge < -0.3 is 19.9 Å². The largest absolute Gasteiger partial charge is 0.495 e. The molecule has 10 heteroatoms. The first-order valence-corrected chi connectivity index (χ1v) is 10.2. The standard InChI is InChI=1S/C22H22N8O2/c1-28(22(31)24-17-7-3-4-8-18(17)32-2)16-13-29(14-16)20-10-9-19-25-26-21(30(19)27-20)15-6-5-11-23-12-15/h3-12,16H,13-14H2,1-2H3,(H,24,31).